The fourth-order valence-corrected chi connectivity index (χ4v) is 4.44. The summed E-state index contributed by atoms with van der Waals surface area (Å²) in [6, 6.07) is 24.5. The number of piperidine rings is 1. The van der Waals surface area contributed by atoms with Gasteiger partial charge in [0, 0.05) is 24.3 Å². The lowest BCUT2D eigenvalue weighted by Crippen LogP contribution is -2.35. The van der Waals surface area contributed by atoms with Gasteiger partial charge in [-0.25, -0.2) is 9.82 Å². The van der Waals surface area contributed by atoms with Crippen LogP contribution < -0.4 is 20.4 Å². The number of aromatic nitrogens is 3. The van der Waals surface area contributed by atoms with Crippen molar-refractivity contribution < 1.29 is 9.13 Å². The molecule has 1 fully saturated rings. The van der Waals surface area contributed by atoms with Crippen LogP contribution in [0.4, 0.5) is 27.9 Å². The van der Waals surface area contributed by atoms with Crippen molar-refractivity contribution >= 4 is 29.7 Å². The molecule has 9 heteroatoms. The predicted molar refractivity (Wildman–Crippen MR) is 149 cm³/mol. The quantitative estimate of drug-likeness (QED) is 0.221. The smallest absolute Gasteiger partial charge is 0.250 e. The van der Waals surface area contributed by atoms with E-state index in [4.69, 9.17) is 9.72 Å². The highest BCUT2D eigenvalue weighted by atomic mass is 19.1. The molecule has 0 unspecified atom stereocenters. The molecule has 0 amide bonds. The first-order chi connectivity index (χ1) is 18.7. The standard InChI is InChI=1S/C29H30FN7O/c1-38-25-13-11-24(12-14-25)32-27-33-28(36-31-20-23-9-5-6-10-26(23)30)35-29(34-27)37-17-15-22(16-18-37)19-21-7-3-2-4-8-21/h2-14,20,22H,15-19H2,1H3,(H2,32,33,34,35,36)/b31-20+. The van der Waals surface area contributed by atoms with Gasteiger partial charge >= 0.3 is 0 Å². The molecule has 4 aromatic rings. The molecule has 0 radical (unpaired) electrons. The Morgan fingerprint density at radius 3 is 2.37 bits per heavy atom. The van der Waals surface area contributed by atoms with Crippen LogP contribution in [0.2, 0.25) is 0 Å². The molecular formula is C29H30FN7O. The first kappa shape index (κ1) is 25.1. The number of benzene rings is 3. The Morgan fingerprint density at radius 2 is 1.63 bits per heavy atom. The minimum absolute atomic E-state index is 0.269. The van der Waals surface area contributed by atoms with Crippen molar-refractivity contribution in [3.63, 3.8) is 0 Å². The van der Waals surface area contributed by atoms with Crippen LogP contribution in [0, 0.1) is 11.7 Å². The summed E-state index contributed by atoms with van der Waals surface area (Å²) >= 11 is 0. The summed E-state index contributed by atoms with van der Waals surface area (Å²) in [7, 11) is 1.63. The molecule has 3 aromatic carbocycles. The second-order valence-corrected chi connectivity index (χ2v) is 9.15. The maximum absolute atomic E-state index is 14.0. The van der Waals surface area contributed by atoms with Gasteiger partial charge in [0.2, 0.25) is 17.8 Å². The van der Waals surface area contributed by atoms with Gasteiger partial charge < -0.3 is 15.0 Å². The summed E-state index contributed by atoms with van der Waals surface area (Å²) in [6.07, 6.45) is 4.59. The molecule has 0 atom stereocenters. The van der Waals surface area contributed by atoms with Gasteiger partial charge in [0.05, 0.1) is 13.3 Å². The molecular weight excluding hydrogens is 481 g/mol. The van der Waals surface area contributed by atoms with Gasteiger partial charge in [0.25, 0.3) is 0 Å². The topological polar surface area (TPSA) is 87.6 Å². The SMILES string of the molecule is COc1ccc(Nc2nc(N/N=C/c3ccccc3F)nc(N3CCC(Cc4ccccc4)CC3)n2)cc1. The van der Waals surface area contributed by atoms with E-state index in [0.717, 1.165) is 43.8 Å². The highest BCUT2D eigenvalue weighted by molar-refractivity contribution is 5.80. The van der Waals surface area contributed by atoms with E-state index >= 15 is 0 Å². The second kappa shape index (κ2) is 12.1. The lowest BCUT2D eigenvalue weighted by Gasteiger charge is -2.32. The van der Waals surface area contributed by atoms with Crippen molar-refractivity contribution in [2.45, 2.75) is 19.3 Å². The summed E-state index contributed by atoms with van der Waals surface area (Å²) in [6.45, 7) is 1.70. The first-order valence-electron chi connectivity index (χ1n) is 12.7. The van der Waals surface area contributed by atoms with E-state index in [1.807, 2.05) is 24.3 Å². The number of ether oxygens (including phenoxy) is 1. The Morgan fingerprint density at radius 1 is 0.921 bits per heavy atom. The van der Waals surface area contributed by atoms with Crippen LogP contribution in [0.5, 0.6) is 5.75 Å². The number of hydrogen-bond donors (Lipinski definition) is 2. The second-order valence-electron chi connectivity index (χ2n) is 9.15. The Kier molecular flexibility index (Phi) is 8.03. The summed E-state index contributed by atoms with van der Waals surface area (Å²) in [5.74, 6) is 2.25. The van der Waals surface area contributed by atoms with E-state index in [9.17, 15) is 4.39 Å². The van der Waals surface area contributed by atoms with E-state index in [1.54, 1.807) is 25.3 Å². The monoisotopic (exact) mass is 511 g/mol. The zero-order valence-corrected chi connectivity index (χ0v) is 21.2. The van der Waals surface area contributed by atoms with Gasteiger partial charge in [-0.15, -0.1) is 0 Å². The zero-order valence-electron chi connectivity index (χ0n) is 21.2. The lowest BCUT2D eigenvalue weighted by atomic mass is 9.90. The van der Waals surface area contributed by atoms with Gasteiger partial charge in [-0.1, -0.05) is 48.5 Å². The molecule has 2 N–H and O–H groups in total. The number of nitrogens with one attached hydrogen (secondary N) is 2. The number of halogens is 1. The summed E-state index contributed by atoms with van der Waals surface area (Å²) in [5, 5.41) is 7.40. The maximum Gasteiger partial charge on any atom is 0.250 e. The van der Waals surface area contributed by atoms with Gasteiger partial charge in [0.1, 0.15) is 11.6 Å². The Hall–Kier alpha value is -4.53. The number of hydrazone groups is 1. The minimum atomic E-state index is -0.352. The van der Waals surface area contributed by atoms with Crippen LogP contribution >= 0.6 is 0 Å². The molecule has 2 heterocycles. The number of rotatable bonds is 9. The highest BCUT2D eigenvalue weighted by Crippen LogP contribution is 2.26. The lowest BCUT2D eigenvalue weighted by molar-refractivity contribution is 0.400. The van der Waals surface area contributed by atoms with Crippen molar-refractivity contribution in [1.82, 2.24) is 15.0 Å². The normalized spacial score (nSPS) is 14.0. The maximum atomic E-state index is 14.0. The third kappa shape index (κ3) is 6.61. The van der Waals surface area contributed by atoms with Gasteiger partial charge in [0.15, 0.2) is 0 Å². The van der Waals surface area contributed by atoms with Crippen LogP contribution in [0.3, 0.4) is 0 Å². The van der Waals surface area contributed by atoms with E-state index in [2.05, 4.69) is 61.0 Å². The van der Waals surface area contributed by atoms with Gasteiger partial charge in [-0.2, -0.15) is 20.1 Å². The van der Waals surface area contributed by atoms with Crippen molar-refractivity contribution in [3.8, 4) is 5.75 Å². The molecule has 1 saturated heterocycles. The van der Waals surface area contributed by atoms with Crippen LogP contribution in [-0.2, 0) is 6.42 Å². The number of nitrogens with zero attached hydrogens (tertiary/aromatic N) is 5. The molecule has 194 valence electrons. The minimum Gasteiger partial charge on any atom is -0.497 e. The molecule has 0 aliphatic carbocycles. The molecule has 0 spiro atoms. The van der Waals surface area contributed by atoms with Crippen LogP contribution in [-0.4, -0.2) is 41.4 Å². The van der Waals surface area contributed by atoms with E-state index in [-0.39, 0.29) is 11.8 Å². The van der Waals surface area contributed by atoms with Crippen LogP contribution in [0.15, 0.2) is 84.0 Å². The fraction of sp³-hybridized carbons (Fsp3) is 0.241. The number of hydrogen-bond acceptors (Lipinski definition) is 8. The third-order valence-corrected chi connectivity index (χ3v) is 6.51. The predicted octanol–water partition coefficient (Wildman–Crippen LogP) is 5.67. The zero-order chi connectivity index (χ0) is 26.2. The Labute approximate surface area is 221 Å². The summed E-state index contributed by atoms with van der Waals surface area (Å²) in [5.41, 5.74) is 5.39. The van der Waals surface area contributed by atoms with Crippen LogP contribution in [0.1, 0.15) is 24.0 Å². The highest BCUT2D eigenvalue weighted by Gasteiger charge is 2.22. The van der Waals surface area contributed by atoms with Crippen LogP contribution in [0.25, 0.3) is 0 Å². The number of anilines is 4. The molecule has 8 nitrogen and oxygen atoms in total. The van der Waals surface area contributed by atoms with Crippen molar-refractivity contribution in [3.05, 3.63) is 95.8 Å². The molecule has 38 heavy (non-hydrogen) atoms. The van der Waals surface area contributed by atoms with E-state index in [1.165, 1.54) is 17.8 Å². The molecule has 1 aromatic heterocycles. The van der Waals surface area contributed by atoms with Gasteiger partial charge in [-0.05, 0) is 61.1 Å². The average Bonchev–Trinajstić information content (AvgIpc) is 2.95. The largest absolute Gasteiger partial charge is 0.497 e. The third-order valence-electron chi connectivity index (χ3n) is 6.51. The summed E-state index contributed by atoms with van der Waals surface area (Å²) < 4.78 is 19.2. The van der Waals surface area contributed by atoms with E-state index < -0.39 is 0 Å². The summed E-state index contributed by atoms with van der Waals surface area (Å²) in [4.78, 5) is 16.0. The molecule has 5 rings (SSSR count). The van der Waals surface area contributed by atoms with Gasteiger partial charge in [-0.3, -0.25) is 0 Å². The van der Waals surface area contributed by atoms with E-state index in [0.29, 0.717) is 23.4 Å². The number of methoxy groups -OCH3 is 1. The van der Waals surface area contributed by atoms with Crippen molar-refractivity contribution in [1.29, 1.82) is 0 Å². The van der Waals surface area contributed by atoms with Crippen molar-refractivity contribution in [2.24, 2.45) is 11.0 Å². The molecule has 0 bridgehead atoms. The molecule has 1 aliphatic heterocycles. The van der Waals surface area contributed by atoms with Crippen molar-refractivity contribution in [2.75, 3.05) is 35.8 Å². The Bertz CT molecular complexity index is 1360. The fourth-order valence-electron chi connectivity index (χ4n) is 4.44. The molecule has 1 aliphatic rings. The first-order valence-corrected chi connectivity index (χ1v) is 12.7. The molecule has 0 saturated carbocycles. The average molecular weight is 512 g/mol. The Balaban J connectivity index is 1.32.